The van der Waals surface area contributed by atoms with Crippen LogP contribution in [0.15, 0.2) is 42.5 Å². The number of Topliss-reactive ketones (excluding diaryl/α,β-unsaturated/α-hetero) is 1. The molecule has 0 radical (unpaired) electrons. The number of ether oxygens (including phenoxy) is 5. The Labute approximate surface area is 315 Å². The van der Waals surface area contributed by atoms with Gasteiger partial charge in [-0.3, -0.25) is 4.79 Å². The smallest absolute Gasteiger partial charge is 0.191 e. The summed E-state index contributed by atoms with van der Waals surface area (Å²) in [5.41, 5.74) is -0.652. The quantitative estimate of drug-likeness (QED) is 0.0476. The first kappa shape index (κ1) is 44.4. The predicted octanol–water partition coefficient (Wildman–Crippen LogP) is 10.3. The molecule has 51 heavy (non-hydrogen) atoms. The highest BCUT2D eigenvalue weighted by Crippen LogP contribution is 2.64. The summed E-state index contributed by atoms with van der Waals surface area (Å²) in [6.07, 6.45) is 6.98. The number of ketones is 1. The topological polar surface area (TPSA) is 72.5 Å². The Bertz CT molecular complexity index is 1250. The molecule has 2 aliphatic rings. The predicted molar refractivity (Wildman–Crippen MR) is 218 cm³/mol. The Kier molecular flexibility index (Phi) is 15.8. The highest BCUT2D eigenvalue weighted by Gasteiger charge is 2.63. The van der Waals surface area contributed by atoms with E-state index in [0.717, 1.165) is 30.5 Å². The van der Waals surface area contributed by atoms with Gasteiger partial charge < -0.3 is 28.1 Å². The molecule has 0 aromatic heterocycles. The van der Waals surface area contributed by atoms with Crippen molar-refractivity contribution in [2.75, 3.05) is 40.0 Å². The molecule has 2 fully saturated rings. The maximum absolute atomic E-state index is 13.8. The van der Waals surface area contributed by atoms with Gasteiger partial charge in [-0.25, -0.2) is 0 Å². The molecule has 3 rings (SSSR count). The van der Waals surface area contributed by atoms with Crippen molar-refractivity contribution in [3.05, 3.63) is 48.0 Å². The largest absolute Gasteiger partial charge is 0.417 e. The maximum atomic E-state index is 13.8. The van der Waals surface area contributed by atoms with Crippen molar-refractivity contribution in [2.45, 2.75) is 148 Å². The molecule has 4 atom stereocenters. The molecule has 0 spiro atoms. The lowest BCUT2D eigenvalue weighted by Gasteiger charge is -2.41. The van der Waals surface area contributed by atoms with E-state index in [1.807, 2.05) is 18.2 Å². The number of carbonyl (C=O) groups excluding carboxylic acids is 1. The lowest BCUT2D eigenvalue weighted by Crippen LogP contribution is -2.51. The van der Waals surface area contributed by atoms with Gasteiger partial charge in [0.1, 0.15) is 25.0 Å². The molecule has 1 aromatic carbocycles. The van der Waals surface area contributed by atoms with Crippen LogP contribution in [0.25, 0.3) is 0 Å². The first-order chi connectivity index (χ1) is 23.5. The monoisotopic (exact) mass is 762 g/mol. The van der Waals surface area contributed by atoms with E-state index in [4.69, 9.17) is 28.1 Å². The number of hydrogen-bond donors (Lipinski definition) is 0. The van der Waals surface area contributed by atoms with Crippen LogP contribution >= 0.6 is 0 Å². The standard InChI is InChI=1S/C41H74O7Si3/c1-38(2,3)51(12,13)48-24-20-37(46-33-44-26-28-50(9,10)11)41(47-30-34-17-15-14-16-18-34,31-45-32-43-25-27-49(6,7)8)23-22-40-21-19-35(29-36(40)42)39(40,4)5/h14-18,22-23,35,37H,19-21,24-33H2,1-13H3/b23-22+/t35?,37-,40?,41+/m1/s1. The van der Waals surface area contributed by atoms with E-state index in [9.17, 15) is 4.79 Å². The zero-order valence-electron chi connectivity index (χ0n) is 34.7. The Morgan fingerprint density at radius 3 is 2.00 bits per heavy atom. The van der Waals surface area contributed by atoms with Gasteiger partial charge in [-0.2, -0.15) is 0 Å². The zero-order valence-corrected chi connectivity index (χ0v) is 37.7. The minimum Gasteiger partial charge on any atom is -0.417 e. The second-order valence-corrected chi connectivity index (χ2v) is 35.7. The minimum absolute atomic E-state index is 0.0765. The Morgan fingerprint density at radius 2 is 1.47 bits per heavy atom. The van der Waals surface area contributed by atoms with Crippen molar-refractivity contribution in [3.8, 4) is 0 Å². The molecular formula is C41H74O7Si3. The summed E-state index contributed by atoms with van der Waals surface area (Å²) in [7, 11) is -4.56. The van der Waals surface area contributed by atoms with Crippen LogP contribution in [0.3, 0.4) is 0 Å². The van der Waals surface area contributed by atoms with Gasteiger partial charge in [-0.05, 0) is 66.4 Å². The summed E-state index contributed by atoms with van der Waals surface area (Å²) in [5, 5.41) is 0.0765. The summed E-state index contributed by atoms with van der Waals surface area (Å²) in [5.74, 6) is 0.732. The van der Waals surface area contributed by atoms with E-state index in [0.29, 0.717) is 51.0 Å². The van der Waals surface area contributed by atoms with Crippen molar-refractivity contribution in [3.63, 3.8) is 0 Å². The molecule has 0 heterocycles. The number of allylic oxidation sites excluding steroid dienone is 1. The molecule has 10 heteroatoms. The fraction of sp³-hybridized carbons (Fsp3) is 0.780. The molecule has 0 amide bonds. The Balaban J connectivity index is 2.02. The minimum atomic E-state index is -2.04. The highest BCUT2D eigenvalue weighted by atomic mass is 28.4. The number of rotatable bonds is 23. The van der Waals surface area contributed by atoms with E-state index in [1.165, 1.54) is 0 Å². The Hall–Kier alpha value is -0.959. The number of benzene rings is 1. The molecule has 2 unspecified atom stereocenters. The first-order valence-corrected chi connectivity index (χ1v) is 29.8. The van der Waals surface area contributed by atoms with Crippen molar-refractivity contribution in [1.29, 1.82) is 0 Å². The lowest BCUT2D eigenvalue weighted by molar-refractivity contribution is -0.201. The molecule has 0 N–H and O–H groups in total. The summed E-state index contributed by atoms with van der Waals surface area (Å²) in [6.45, 7) is 32.7. The van der Waals surface area contributed by atoms with Crippen molar-refractivity contribution in [1.82, 2.24) is 0 Å². The number of hydrogen-bond acceptors (Lipinski definition) is 7. The van der Waals surface area contributed by atoms with Gasteiger partial charge in [0.2, 0.25) is 0 Å². The van der Waals surface area contributed by atoms with E-state index >= 15 is 0 Å². The molecule has 0 aliphatic heterocycles. The summed E-state index contributed by atoms with van der Waals surface area (Å²) < 4.78 is 39.2. The fourth-order valence-corrected chi connectivity index (χ4v) is 9.55. The van der Waals surface area contributed by atoms with Crippen molar-refractivity contribution >= 4 is 30.2 Å². The van der Waals surface area contributed by atoms with Gasteiger partial charge in [-0.1, -0.05) is 116 Å². The van der Waals surface area contributed by atoms with Gasteiger partial charge in [0.25, 0.3) is 0 Å². The number of fused-ring (bicyclic) bond motifs is 2. The van der Waals surface area contributed by atoms with Crippen LogP contribution in [0.1, 0.15) is 65.9 Å². The van der Waals surface area contributed by atoms with Gasteiger partial charge in [0.15, 0.2) is 8.32 Å². The third kappa shape index (κ3) is 12.5. The van der Waals surface area contributed by atoms with E-state index in [2.05, 4.69) is 111 Å². The van der Waals surface area contributed by atoms with Crippen LogP contribution in [0.2, 0.25) is 69.5 Å². The Morgan fingerprint density at radius 1 is 0.863 bits per heavy atom. The average Bonchev–Trinajstić information content (AvgIpc) is 3.37. The second-order valence-electron chi connectivity index (χ2n) is 19.7. The van der Waals surface area contributed by atoms with Gasteiger partial charge >= 0.3 is 0 Å². The molecular weight excluding hydrogens is 689 g/mol. The van der Waals surface area contributed by atoms with Gasteiger partial charge in [0, 0.05) is 42.4 Å². The third-order valence-corrected chi connectivity index (χ3v) is 20.0. The zero-order chi connectivity index (χ0) is 38.2. The van der Waals surface area contributed by atoms with Crippen LogP contribution < -0.4 is 0 Å². The van der Waals surface area contributed by atoms with E-state index in [-0.39, 0.29) is 30.6 Å². The molecule has 1 aromatic rings. The summed E-state index contributed by atoms with van der Waals surface area (Å²) in [6, 6.07) is 12.4. The molecule has 2 aliphatic carbocycles. The maximum Gasteiger partial charge on any atom is 0.191 e. The summed E-state index contributed by atoms with van der Waals surface area (Å²) in [4.78, 5) is 13.8. The first-order valence-electron chi connectivity index (χ1n) is 19.4. The lowest BCUT2D eigenvalue weighted by atomic mass is 9.68. The second kappa shape index (κ2) is 18.1. The fourth-order valence-electron chi connectivity index (χ4n) is 6.98. The molecule has 2 bridgehead atoms. The third-order valence-electron chi connectivity index (χ3n) is 12.0. The van der Waals surface area contributed by atoms with Crippen molar-refractivity contribution < 1.29 is 32.9 Å². The molecule has 0 saturated heterocycles. The van der Waals surface area contributed by atoms with Crippen LogP contribution in [-0.4, -0.2) is 82.0 Å². The van der Waals surface area contributed by atoms with E-state index < -0.39 is 41.6 Å². The average molecular weight is 763 g/mol. The summed E-state index contributed by atoms with van der Waals surface area (Å²) >= 11 is 0. The molecule has 2 saturated carbocycles. The van der Waals surface area contributed by atoms with Crippen LogP contribution in [0.4, 0.5) is 0 Å². The van der Waals surface area contributed by atoms with Crippen LogP contribution in [0.5, 0.6) is 0 Å². The highest BCUT2D eigenvalue weighted by molar-refractivity contribution is 6.76. The molecule has 292 valence electrons. The van der Waals surface area contributed by atoms with Crippen LogP contribution in [0, 0.1) is 16.7 Å². The van der Waals surface area contributed by atoms with Gasteiger partial charge in [-0.15, -0.1) is 0 Å². The number of carbonyl (C=O) groups is 1. The SMILES string of the molecule is CC1(C)C2CCC1(/C=C/[C@@](COCOCC[Si](C)(C)C)(OCc1ccccc1)[C@@H](CCO[Si](C)(C)C(C)(C)C)OCOCC[Si](C)(C)C)C(=O)C2. The molecule has 7 nitrogen and oxygen atoms in total. The van der Waals surface area contributed by atoms with E-state index in [1.54, 1.807) is 0 Å². The van der Waals surface area contributed by atoms with Crippen molar-refractivity contribution in [2.24, 2.45) is 16.7 Å². The normalized spacial score (nSPS) is 22.9. The van der Waals surface area contributed by atoms with Gasteiger partial charge in [0.05, 0.1) is 24.7 Å². The van der Waals surface area contributed by atoms with Crippen LogP contribution in [-0.2, 0) is 39.5 Å².